The number of rotatable bonds is 6. The van der Waals surface area contributed by atoms with E-state index in [1.165, 1.54) is 6.42 Å². The van der Waals surface area contributed by atoms with Crippen molar-refractivity contribution < 1.29 is 9.32 Å². The maximum Gasteiger partial charge on any atom is 0.258 e. The second kappa shape index (κ2) is 8.23. The molecule has 25 heavy (non-hydrogen) atoms. The molecule has 0 spiro atoms. The van der Waals surface area contributed by atoms with E-state index in [2.05, 4.69) is 29.0 Å². The second-order valence-corrected chi connectivity index (χ2v) is 7.24. The predicted molar refractivity (Wildman–Crippen MR) is 94.6 cm³/mol. The Balaban J connectivity index is 1.52. The highest BCUT2D eigenvalue weighted by Crippen LogP contribution is 2.23. The molecule has 1 amide bonds. The van der Waals surface area contributed by atoms with Gasteiger partial charge in [0, 0.05) is 43.9 Å². The molecule has 1 unspecified atom stereocenters. The maximum absolute atomic E-state index is 12.3. The summed E-state index contributed by atoms with van der Waals surface area (Å²) < 4.78 is 5.34. The monoisotopic (exact) mass is 342 g/mol. The molecule has 1 saturated heterocycles. The topological polar surface area (TPSA) is 72.1 Å². The average Bonchev–Trinajstić information content (AvgIpc) is 3.09. The van der Waals surface area contributed by atoms with Crippen molar-refractivity contribution >= 4 is 5.91 Å². The van der Waals surface area contributed by atoms with Gasteiger partial charge in [-0.3, -0.25) is 9.78 Å². The van der Waals surface area contributed by atoms with Gasteiger partial charge in [0.05, 0.1) is 0 Å². The number of aryl methyl sites for hydroxylation is 1. The van der Waals surface area contributed by atoms with E-state index in [4.69, 9.17) is 4.52 Å². The zero-order chi connectivity index (χ0) is 17.6. The molecule has 2 aromatic rings. The molecule has 6 heteroatoms. The van der Waals surface area contributed by atoms with Crippen LogP contribution in [0.15, 0.2) is 29.0 Å². The van der Waals surface area contributed by atoms with E-state index in [9.17, 15) is 4.79 Å². The predicted octanol–water partition coefficient (Wildman–Crippen LogP) is 3.35. The van der Waals surface area contributed by atoms with Gasteiger partial charge in [-0.25, -0.2) is 0 Å². The lowest BCUT2D eigenvalue weighted by atomic mass is 9.92. The minimum absolute atomic E-state index is 0.291. The number of hydrogen-bond donors (Lipinski definition) is 0. The Bertz CT molecular complexity index is 684. The molecule has 0 N–H and O–H groups in total. The number of nitrogens with zero attached hydrogens (tertiary/aromatic N) is 4. The molecule has 3 rings (SSSR count). The SMILES string of the molecule is CC(C)CC(=O)N1CCCC(CCc2noc(-c3ccncc3)n2)C1. The zero-order valence-electron chi connectivity index (χ0n) is 15.0. The van der Waals surface area contributed by atoms with Crippen LogP contribution >= 0.6 is 0 Å². The number of likely N-dealkylation sites (tertiary alicyclic amines) is 1. The van der Waals surface area contributed by atoms with Crippen LogP contribution in [0.4, 0.5) is 0 Å². The third-order valence-electron chi connectivity index (χ3n) is 4.63. The fraction of sp³-hybridized carbons (Fsp3) is 0.579. The van der Waals surface area contributed by atoms with Crippen molar-refractivity contribution in [3.05, 3.63) is 30.4 Å². The average molecular weight is 342 g/mol. The van der Waals surface area contributed by atoms with Gasteiger partial charge in [-0.2, -0.15) is 4.98 Å². The van der Waals surface area contributed by atoms with Gasteiger partial charge in [0.1, 0.15) is 0 Å². The highest BCUT2D eigenvalue weighted by atomic mass is 16.5. The van der Waals surface area contributed by atoms with Crippen LogP contribution in [0.2, 0.25) is 0 Å². The molecule has 0 radical (unpaired) electrons. The Morgan fingerprint density at radius 3 is 2.92 bits per heavy atom. The fourth-order valence-corrected chi connectivity index (χ4v) is 3.31. The summed E-state index contributed by atoms with van der Waals surface area (Å²) in [7, 11) is 0. The lowest BCUT2D eigenvalue weighted by molar-refractivity contribution is -0.133. The Hall–Kier alpha value is -2.24. The van der Waals surface area contributed by atoms with E-state index < -0.39 is 0 Å². The van der Waals surface area contributed by atoms with Crippen molar-refractivity contribution in [2.45, 2.75) is 46.0 Å². The first-order valence-electron chi connectivity index (χ1n) is 9.12. The van der Waals surface area contributed by atoms with Gasteiger partial charge in [-0.1, -0.05) is 19.0 Å². The Kier molecular flexibility index (Phi) is 5.79. The van der Waals surface area contributed by atoms with Crippen LogP contribution in [0, 0.1) is 11.8 Å². The van der Waals surface area contributed by atoms with E-state index in [0.717, 1.165) is 43.7 Å². The lowest BCUT2D eigenvalue weighted by Gasteiger charge is -2.33. The molecule has 0 saturated carbocycles. The molecule has 1 aliphatic heterocycles. The summed E-state index contributed by atoms with van der Waals surface area (Å²) in [5.74, 6) is 2.50. The Labute approximate surface area is 148 Å². The Morgan fingerprint density at radius 1 is 1.36 bits per heavy atom. The quantitative estimate of drug-likeness (QED) is 0.805. The number of piperidine rings is 1. The number of carbonyl (C=O) groups excluding carboxylic acids is 1. The molecule has 0 aromatic carbocycles. The van der Waals surface area contributed by atoms with Gasteiger partial charge in [0.2, 0.25) is 5.91 Å². The molecule has 1 atom stereocenters. The minimum Gasteiger partial charge on any atom is -0.342 e. The van der Waals surface area contributed by atoms with Crippen LogP contribution in [0.5, 0.6) is 0 Å². The van der Waals surface area contributed by atoms with Crippen LogP contribution < -0.4 is 0 Å². The first kappa shape index (κ1) is 17.6. The smallest absolute Gasteiger partial charge is 0.258 e. The van der Waals surface area contributed by atoms with Gasteiger partial charge < -0.3 is 9.42 Å². The lowest BCUT2D eigenvalue weighted by Crippen LogP contribution is -2.40. The minimum atomic E-state index is 0.291. The zero-order valence-corrected chi connectivity index (χ0v) is 15.0. The third kappa shape index (κ3) is 4.87. The first-order valence-corrected chi connectivity index (χ1v) is 9.12. The molecule has 1 fully saturated rings. The summed E-state index contributed by atoms with van der Waals surface area (Å²) in [6.07, 6.45) is 8.09. The normalized spacial score (nSPS) is 17.9. The number of aromatic nitrogens is 3. The van der Waals surface area contributed by atoms with Crippen LogP contribution in [0.1, 0.15) is 45.4 Å². The Morgan fingerprint density at radius 2 is 2.16 bits per heavy atom. The molecule has 134 valence electrons. The van der Waals surface area contributed by atoms with E-state index in [-0.39, 0.29) is 0 Å². The van der Waals surface area contributed by atoms with Crippen molar-refractivity contribution in [3.63, 3.8) is 0 Å². The van der Waals surface area contributed by atoms with Crippen molar-refractivity contribution in [1.29, 1.82) is 0 Å². The van der Waals surface area contributed by atoms with Crippen molar-refractivity contribution in [2.24, 2.45) is 11.8 Å². The van der Waals surface area contributed by atoms with E-state index >= 15 is 0 Å². The standard InChI is InChI=1S/C19H26N4O2/c1-14(2)12-18(24)23-11-3-4-15(13-23)5-6-17-21-19(25-22-17)16-7-9-20-10-8-16/h7-10,14-15H,3-6,11-13H2,1-2H3. The summed E-state index contributed by atoms with van der Waals surface area (Å²) in [5, 5.41) is 4.08. The first-order chi connectivity index (χ1) is 12.1. The van der Waals surface area contributed by atoms with Gasteiger partial charge >= 0.3 is 0 Å². The van der Waals surface area contributed by atoms with Gasteiger partial charge in [-0.05, 0) is 43.2 Å². The van der Waals surface area contributed by atoms with E-state index in [0.29, 0.717) is 30.1 Å². The number of hydrogen-bond acceptors (Lipinski definition) is 5. The summed E-state index contributed by atoms with van der Waals surface area (Å²) in [6.45, 7) is 5.95. The van der Waals surface area contributed by atoms with Crippen LogP contribution in [0.25, 0.3) is 11.5 Å². The van der Waals surface area contributed by atoms with Crippen LogP contribution in [-0.2, 0) is 11.2 Å². The van der Waals surface area contributed by atoms with E-state index in [1.54, 1.807) is 12.4 Å². The highest BCUT2D eigenvalue weighted by Gasteiger charge is 2.24. The molecule has 1 aliphatic rings. The van der Waals surface area contributed by atoms with Crippen LogP contribution in [-0.4, -0.2) is 39.0 Å². The third-order valence-corrected chi connectivity index (χ3v) is 4.63. The fourth-order valence-electron chi connectivity index (χ4n) is 3.31. The van der Waals surface area contributed by atoms with Gasteiger partial charge in [0.25, 0.3) is 5.89 Å². The van der Waals surface area contributed by atoms with E-state index in [1.807, 2.05) is 17.0 Å². The molecular weight excluding hydrogens is 316 g/mol. The molecule has 0 aliphatic carbocycles. The van der Waals surface area contributed by atoms with Crippen molar-refractivity contribution in [2.75, 3.05) is 13.1 Å². The van der Waals surface area contributed by atoms with Crippen LogP contribution in [0.3, 0.4) is 0 Å². The summed E-state index contributed by atoms with van der Waals surface area (Å²) in [5.41, 5.74) is 0.886. The maximum atomic E-state index is 12.3. The van der Waals surface area contributed by atoms with Crippen molar-refractivity contribution in [1.82, 2.24) is 20.0 Å². The summed E-state index contributed by atoms with van der Waals surface area (Å²) >= 11 is 0. The number of pyridine rings is 1. The largest absolute Gasteiger partial charge is 0.342 e. The highest BCUT2D eigenvalue weighted by molar-refractivity contribution is 5.76. The summed E-state index contributed by atoms with van der Waals surface area (Å²) in [6, 6.07) is 3.72. The van der Waals surface area contributed by atoms with Gasteiger partial charge in [0.15, 0.2) is 5.82 Å². The number of amides is 1. The molecule has 0 bridgehead atoms. The molecule has 6 nitrogen and oxygen atoms in total. The molecule has 3 heterocycles. The number of carbonyl (C=O) groups is 1. The van der Waals surface area contributed by atoms with Crippen molar-refractivity contribution in [3.8, 4) is 11.5 Å². The second-order valence-electron chi connectivity index (χ2n) is 7.24. The molecular formula is C19H26N4O2. The molecule has 2 aromatic heterocycles. The van der Waals surface area contributed by atoms with Gasteiger partial charge in [-0.15, -0.1) is 0 Å². The summed E-state index contributed by atoms with van der Waals surface area (Å²) in [4.78, 5) is 22.8.